The lowest BCUT2D eigenvalue weighted by molar-refractivity contribution is -0.137. The van der Waals surface area contributed by atoms with E-state index in [-0.39, 0.29) is 12.5 Å². The van der Waals surface area contributed by atoms with Crippen molar-refractivity contribution in [3.8, 4) is 11.5 Å². The van der Waals surface area contributed by atoms with Gasteiger partial charge < -0.3 is 19.9 Å². The van der Waals surface area contributed by atoms with Gasteiger partial charge in [-0.2, -0.15) is 0 Å². The first kappa shape index (κ1) is 16.3. The van der Waals surface area contributed by atoms with Gasteiger partial charge in [-0.3, -0.25) is 4.79 Å². The van der Waals surface area contributed by atoms with Gasteiger partial charge in [-0.05, 0) is 45.0 Å². The fourth-order valence-electron chi connectivity index (χ4n) is 1.99. The molecule has 0 heterocycles. The third-order valence-electron chi connectivity index (χ3n) is 2.92. The largest absolute Gasteiger partial charge is 0.490 e. The molecule has 0 radical (unpaired) electrons. The van der Waals surface area contributed by atoms with Crippen LogP contribution in [-0.2, 0) is 11.2 Å². The summed E-state index contributed by atoms with van der Waals surface area (Å²) in [6.45, 7) is 4.99. The van der Waals surface area contributed by atoms with Gasteiger partial charge in [0.05, 0.1) is 19.6 Å². The van der Waals surface area contributed by atoms with Crippen LogP contribution in [0.3, 0.4) is 0 Å². The van der Waals surface area contributed by atoms with E-state index in [1.54, 1.807) is 7.05 Å². The molecule has 0 aromatic heterocycles. The number of carboxylic acid groups (broad SMARTS) is 1. The van der Waals surface area contributed by atoms with Crippen molar-refractivity contribution in [2.45, 2.75) is 32.7 Å². The Labute approximate surface area is 119 Å². The van der Waals surface area contributed by atoms with Crippen molar-refractivity contribution < 1.29 is 19.4 Å². The number of nitrogens with one attached hydrogen (secondary N) is 1. The Hall–Kier alpha value is -1.75. The standard InChI is InChI=1S/C15H23NO4/c1-4-19-13-7-6-11(9-14(13)20-5-2)8-12(16-3)10-15(17)18/h6-7,9,12,16H,4-5,8,10H2,1-3H3,(H,17,18). The van der Waals surface area contributed by atoms with Gasteiger partial charge >= 0.3 is 5.97 Å². The number of benzene rings is 1. The molecular formula is C15H23NO4. The lowest BCUT2D eigenvalue weighted by atomic mass is 10.0. The number of ether oxygens (including phenoxy) is 2. The molecule has 0 aliphatic heterocycles. The summed E-state index contributed by atoms with van der Waals surface area (Å²) >= 11 is 0. The summed E-state index contributed by atoms with van der Waals surface area (Å²) in [5.74, 6) is 0.620. The molecule has 1 rings (SSSR count). The van der Waals surface area contributed by atoms with Crippen molar-refractivity contribution >= 4 is 5.97 Å². The number of rotatable bonds is 9. The Kier molecular flexibility index (Phi) is 6.87. The summed E-state index contributed by atoms with van der Waals surface area (Å²) in [5, 5.41) is 11.9. The highest BCUT2D eigenvalue weighted by Gasteiger charge is 2.13. The summed E-state index contributed by atoms with van der Waals surface area (Å²) < 4.78 is 11.1. The van der Waals surface area contributed by atoms with Crippen LogP contribution < -0.4 is 14.8 Å². The van der Waals surface area contributed by atoms with Crippen LogP contribution in [0.25, 0.3) is 0 Å². The lowest BCUT2D eigenvalue weighted by Crippen LogP contribution is -2.30. The Morgan fingerprint density at radius 3 is 2.45 bits per heavy atom. The van der Waals surface area contributed by atoms with Crippen LogP contribution in [0.1, 0.15) is 25.8 Å². The molecule has 0 amide bonds. The minimum absolute atomic E-state index is 0.0910. The first-order chi connectivity index (χ1) is 9.60. The maximum absolute atomic E-state index is 10.8. The van der Waals surface area contributed by atoms with Gasteiger partial charge in [0.1, 0.15) is 0 Å². The molecule has 20 heavy (non-hydrogen) atoms. The molecule has 112 valence electrons. The minimum atomic E-state index is -0.805. The molecule has 0 bridgehead atoms. The fourth-order valence-corrected chi connectivity index (χ4v) is 1.99. The summed E-state index contributed by atoms with van der Waals surface area (Å²) in [6, 6.07) is 5.64. The molecule has 1 aromatic rings. The van der Waals surface area contributed by atoms with Crippen LogP contribution in [0, 0.1) is 0 Å². The quantitative estimate of drug-likeness (QED) is 0.725. The van der Waals surface area contributed by atoms with Gasteiger partial charge in [-0.1, -0.05) is 6.07 Å². The van der Waals surface area contributed by atoms with E-state index in [4.69, 9.17) is 14.6 Å². The Morgan fingerprint density at radius 2 is 1.90 bits per heavy atom. The second-order valence-corrected chi connectivity index (χ2v) is 4.43. The second kappa shape index (κ2) is 8.43. The van der Waals surface area contributed by atoms with E-state index in [1.807, 2.05) is 32.0 Å². The molecule has 1 unspecified atom stereocenters. The predicted molar refractivity (Wildman–Crippen MR) is 77.6 cm³/mol. The molecule has 0 saturated carbocycles. The molecule has 5 heteroatoms. The van der Waals surface area contributed by atoms with E-state index in [2.05, 4.69) is 5.32 Å². The number of carboxylic acids is 1. The van der Waals surface area contributed by atoms with Crippen molar-refractivity contribution in [3.63, 3.8) is 0 Å². The molecule has 0 aliphatic rings. The first-order valence-electron chi connectivity index (χ1n) is 6.88. The fraction of sp³-hybridized carbons (Fsp3) is 0.533. The first-order valence-corrected chi connectivity index (χ1v) is 6.88. The van der Waals surface area contributed by atoms with E-state index in [9.17, 15) is 4.79 Å². The zero-order valence-corrected chi connectivity index (χ0v) is 12.3. The smallest absolute Gasteiger partial charge is 0.304 e. The van der Waals surface area contributed by atoms with Crippen molar-refractivity contribution in [1.29, 1.82) is 0 Å². The Morgan fingerprint density at radius 1 is 1.25 bits per heavy atom. The van der Waals surface area contributed by atoms with Gasteiger partial charge in [0.15, 0.2) is 11.5 Å². The molecule has 1 atom stereocenters. The number of hydrogen-bond donors (Lipinski definition) is 2. The molecule has 0 fully saturated rings. The number of hydrogen-bond acceptors (Lipinski definition) is 4. The average Bonchev–Trinajstić information content (AvgIpc) is 2.41. The third kappa shape index (κ3) is 5.09. The highest BCUT2D eigenvalue weighted by molar-refractivity contribution is 5.67. The predicted octanol–water partition coefficient (Wildman–Crippen LogP) is 2.09. The maximum Gasteiger partial charge on any atom is 0.304 e. The summed E-state index contributed by atoms with van der Waals surface area (Å²) in [7, 11) is 1.77. The van der Waals surface area contributed by atoms with Crippen LogP contribution in [0.15, 0.2) is 18.2 Å². The van der Waals surface area contributed by atoms with E-state index < -0.39 is 5.97 Å². The van der Waals surface area contributed by atoms with E-state index in [1.165, 1.54) is 0 Å². The number of carbonyl (C=O) groups is 1. The van der Waals surface area contributed by atoms with Crippen LogP contribution in [-0.4, -0.2) is 37.4 Å². The zero-order chi connectivity index (χ0) is 15.0. The zero-order valence-electron chi connectivity index (χ0n) is 12.3. The van der Waals surface area contributed by atoms with Crippen molar-refractivity contribution in [1.82, 2.24) is 5.32 Å². The Balaban J connectivity index is 2.84. The number of aliphatic carboxylic acids is 1. The van der Waals surface area contributed by atoms with Crippen LogP contribution >= 0.6 is 0 Å². The summed E-state index contributed by atoms with van der Waals surface area (Å²) in [6.07, 6.45) is 0.725. The van der Waals surface area contributed by atoms with Crippen molar-refractivity contribution in [2.24, 2.45) is 0 Å². The molecular weight excluding hydrogens is 258 g/mol. The van der Waals surface area contributed by atoms with Gasteiger partial charge in [-0.25, -0.2) is 0 Å². The van der Waals surface area contributed by atoms with Gasteiger partial charge in [0.25, 0.3) is 0 Å². The van der Waals surface area contributed by atoms with Gasteiger partial charge in [-0.15, -0.1) is 0 Å². The highest BCUT2D eigenvalue weighted by Crippen LogP contribution is 2.29. The van der Waals surface area contributed by atoms with Gasteiger partial charge in [0, 0.05) is 6.04 Å². The second-order valence-electron chi connectivity index (χ2n) is 4.43. The van der Waals surface area contributed by atoms with Gasteiger partial charge in [0.2, 0.25) is 0 Å². The van der Waals surface area contributed by atoms with Crippen LogP contribution in [0.5, 0.6) is 11.5 Å². The van der Waals surface area contributed by atoms with Crippen molar-refractivity contribution in [2.75, 3.05) is 20.3 Å². The Bertz CT molecular complexity index is 434. The molecule has 0 aliphatic carbocycles. The third-order valence-corrected chi connectivity index (χ3v) is 2.92. The van der Waals surface area contributed by atoms with E-state index in [0.29, 0.717) is 25.4 Å². The van der Waals surface area contributed by atoms with Crippen LogP contribution in [0.2, 0.25) is 0 Å². The van der Waals surface area contributed by atoms with E-state index in [0.717, 1.165) is 11.3 Å². The molecule has 0 spiro atoms. The minimum Gasteiger partial charge on any atom is -0.490 e. The molecule has 5 nitrogen and oxygen atoms in total. The normalized spacial score (nSPS) is 11.9. The highest BCUT2D eigenvalue weighted by atomic mass is 16.5. The molecule has 1 aromatic carbocycles. The topological polar surface area (TPSA) is 67.8 Å². The average molecular weight is 281 g/mol. The molecule has 2 N–H and O–H groups in total. The maximum atomic E-state index is 10.8. The summed E-state index contributed by atoms with van der Waals surface area (Å²) in [4.78, 5) is 10.8. The lowest BCUT2D eigenvalue weighted by Gasteiger charge is -2.16. The SMILES string of the molecule is CCOc1ccc(CC(CC(=O)O)NC)cc1OCC. The number of likely N-dealkylation sites (N-methyl/N-ethyl adjacent to an activating group) is 1. The van der Waals surface area contributed by atoms with Crippen molar-refractivity contribution in [3.05, 3.63) is 23.8 Å². The van der Waals surface area contributed by atoms with Crippen LogP contribution in [0.4, 0.5) is 0 Å². The monoisotopic (exact) mass is 281 g/mol. The summed E-state index contributed by atoms with van der Waals surface area (Å²) in [5.41, 5.74) is 1.03. The van der Waals surface area contributed by atoms with E-state index >= 15 is 0 Å². The molecule has 0 saturated heterocycles.